The van der Waals surface area contributed by atoms with Crippen LogP contribution >= 0.6 is 7.60 Å². The van der Waals surface area contributed by atoms with Gasteiger partial charge in [0.05, 0.1) is 6.16 Å². The molecule has 0 bridgehead atoms. The van der Waals surface area contributed by atoms with Crippen molar-refractivity contribution in [3.05, 3.63) is 10.1 Å². The molecule has 6 nitrogen and oxygen atoms in total. The van der Waals surface area contributed by atoms with Crippen LogP contribution in [0.25, 0.3) is 0 Å². The molecule has 0 aliphatic heterocycles. The summed E-state index contributed by atoms with van der Waals surface area (Å²) in [5.41, 5.74) is 0. The minimum Gasteiger partial charge on any atom is -0.778 e. The maximum atomic E-state index is 9.81. The highest BCUT2D eigenvalue weighted by atomic mass is 31.2. The summed E-state index contributed by atoms with van der Waals surface area (Å²) in [7, 11) is -4.41. The smallest absolute Gasteiger partial charge is 0.211 e. The minimum absolute atomic E-state index is 0.739. The molecule has 1 atom stereocenters. The molecular weight excluding hydrogens is 149 g/mol. The van der Waals surface area contributed by atoms with Crippen molar-refractivity contribution in [2.75, 3.05) is 12.7 Å². The normalized spacial score (nSPS) is 16.7. The fourth-order valence-corrected chi connectivity index (χ4v) is 0.624. The summed E-state index contributed by atoms with van der Waals surface area (Å²) in [4.78, 5) is 26.5. The van der Waals surface area contributed by atoms with Crippen molar-refractivity contribution in [1.82, 2.24) is 0 Å². The predicted molar refractivity (Wildman–Crippen MR) is 26.6 cm³/mol. The van der Waals surface area contributed by atoms with E-state index in [1.807, 2.05) is 0 Å². The first-order valence-corrected chi connectivity index (χ1v) is 3.83. The van der Waals surface area contributed by atoms with Gasteiger partial charge in [-0.15, -0.1) is 0 Å². The number of nitro groups is 1. The van der Waals surface area contributed by atoms with Gasteiger partial charge in [0.2, 0.25) is 6.54 Å². The average molecular weight is 154 g/mol. The van der Waals surface area contributed by atoms with Gasteiger partial charge in [0.25, 0.3) is 0 Å². The molecule has 1 N–H and O–H groups in total. The van der Waals surface area contributed by atoms with E-state index in [9.17, 15) is 19.6 Å². The standard InChI is InChI=1S/C2H6NO5P/c4-3(5)1-2-9(6,7)8/h1-2H2,(H2,6,7,8)/p-1. The number of rotatable bonds is 3. The molecule has 0 amide bonds. The van der Waals surface area contributed by atoms with Crippen LogP contribution in [0.2, 0.25) is 0 Å². The van der Waals surface area contributed by atoms with E-state index < -0.39 is 25.2 Å². The van der Waals surface area contributed by atoms with Crippen LogP contribution in [0.5, 0.6) is 0 Å². The Morgan fingerprint density at radius 1 is 1.67 bits per heavy atom. The molecule has 0 fully saturated rings. The van der Waals surface area contributed by atoms with Crippen LogP contribution in [0.15, 0.2) is 0 Å². The van der Waals surface area contributed by atoms with E-state index in [0.29, 0.717) is 0 Å². The van der Waals surface area contributed by atoms with Crippen LogP contribution in [0.1, 0.15) is 0 Å². The van der Waals surface area contributed by atoms with E-state index in [1.54, 1.807) is 0 Å². The van der Waals surface area contributed by atoms with E-state index in [1.165, 1.54) is 0 Å². The van der Waals surface area contributed by atoms with E-state index in [0.717, 1.165) is 0 Å². The molecule has 0 spiro atoms. The van der Waals surface area contributed by atoms with Gasteiger partial charge in [-0.3, -0.25) is 10.1 Å². The highest BCUT2D eigenvalue weighted by Crippen LogP contribution is 2.27. The van der Waals surface area contributed by atoms with Gasteiger partial charge in [0.1, 0.15) is 7.60 Å². The lowest BCUT2D eigenvalue weighted by Crippen LogP contribution is -2.12. The van der Waals surface area contributed by atoms with Gasteiger partial charge in [0, 0.05) is 4.92 Å². The van der Waals surface area contributed by atoms with E-state index in [-0.39, 0.29) is 0 Å². The molecule has 7 heteroatoms. The summed E-state index contributed by atoms with van der Waals surface area (Å²) < 4.78 is 9.81. The van der Waals surface area contributed by atoms with Crippen LogP contribution in [0.3, 0.4) is 0 Å². The Bertz CT molecular complexity index is 149. The molecule has 0 saturated heterocycles. The van der Waals surface area contributed by atoms with Crippen LogP contribution in [-0.2, 0) is 4.57 Å². The maximum Gasteiger partial charge on any atom is 0.211 e. The second-order valence-corrected chi connectivity index (χ2v) is 3.14. The van der Waals surface area contributed by atoms with Gasteiger partial charge < -0.3 is 14.4 Å². The van der Waals surface area contributed by atoms with Crippen molar-refractivity contribution in [3.8, 4) is 0 Å². The molecule has 0 aromatic heterocycles. The predicted octanol–water partition coefficient (Wildman–Crippen LogP) is -1.19. The van der Waals surface area contributed by atoms with E-state index in [4.69, 9.17) is 4.89 Å². The monoisotopic (exact) mass is 154 g/mol. The van der Waals surface area contributed by atoms with Gasteiger partial charge in [-0.25, -0.2) is 0 Å². The second-order valence-electron chi connectivity index (χ2n) is 1.42. The lowest BCUT2D eigenvalue weighted by molar-refractivity contribution is -0.475. The molecule has 54 valence electrons. The molecule has 0 radical (unpaired) electrons. The Kier molecular flexibility index (Phi) is 2.76. The molecule has 0 saturated carbocycles. The minimum atomic E-state index is -4.41. The van der Waals surface area contributed by atoms with Crippen molar-refractivity contribution in [3.63, 3.8) is 0 Å². The molecule has 0 aliphatic rings. The first kappa shape index (κ1) is 8.55. The molecule has 9 heavy (non-hydrogen) atoms. The Morgan fingerprint density at radius 3 is 2.22 bits per heavy atom. The Labute approximate surface area is 50.8 Å². The highest BCUT2D eigenvalue weighted by molar-refractivity contribution is 7.50. The molecular formula is C2H5NO5P-. The van der Waals surface area contributed by atoms with Gasteiger partial charge in [-0.2, -0.15) is 0 Å². The van der Waals surface area contributed by atoms with Crippen LogP contribution in [0, 0.1) is 10.1 Å². The fraction of sp³-hybridized carbons (Fsp3) is 1.00. The molecule has 0 rings (SSSR count). The zero-order valence-electron chi connectivity index (χ0n) is 4.39. The lowest BCUT2D eigenvalue weighted by atomic mass is 10.8. The lowest BCUT2D eigenvalue weighted by Gasteiger charge is -2.11. The Morgan fingerprint density at radius 2 is 2.11 bits per heavy atom. The van der Waals surface area contributed by atoms with Gasteiger partial charge >= 0.3 is 0 Å². The van der Waals surface area contributed by atoms with Crippen molar-refractivity contribution in [2.24, 2.45) is 0 Å². The topological polar surface area (TPSA) is 104 Å². The van der Waals surface area contributed by atoms with Crippen LogP contribution in [0.4, 0.5) is 0 Å². The van der Waals surface area contributed by atoms with Gasteiger partial charge in [-0.1, -0.05) is 0 Å². The van der Waals surface area contributed by atoms with Crippen LogP contribution < -0.4 is 4.89 Å². The number of hydrogen-bond donors (Lipinski definition) is 1. The number of nitrogens with zero attached hydrogens (tertiary/aromatic N) is 1. The molecule has 0 aromatic rings. The van der Waals surface area contributed by atoms with E-state index >= 15 is 0 Å². The summed E-state index contributed by atoms with van der Waals surface area (Å²) in [5, 5.41) is 9.48. The second kappa shape index (κ2) is 2.91. The van der Waals surface area contributed by atoms with Crippen molar-refractivity contribution < 1.29 is 19.3 Å². The zero-order valence-corrected chi connectivity index (χ0v) is 5.28. The first-order chi connectivity index (χ1) is 3.92. The molecule has 1 unspecified atom stereocenters. The summed E-state index contributed by atoms with van der Waals surface area (Å²) >= 11 is 0. The fourth-order valence-electron chi connectivity index (χ4n) is 0.208. The summed E-state index contributed by atoms with van der Waals surface area (Å²) in [6.45, 7) is -0.739. The van der Waals surface area contributed by atoms with E-state index in [2.05, 4.69) is 0 Å². The third-order valence-electron chi connectivity index (χ3n) is 0.565. The summed E-state index contributed by atoms with van der Waals surface area (Å²) in [5.74, 6) is 0. The molecule has 0 heterocycles. The summed E-state index contributed by atoms with van der Waals surface area (Å²) in [6, 6.07) is 0. The van der Waals surface area contributed by atoms with Gasteiger partial charge in [0.15, 0.2) is 0 Å². The average Bonchev–Trinajstić information content (AvgIpc) is 1.59. The van der Waals surface area contributed by atoms with Gasteiger partial charge in [-0.05, 0) is 0 Å². The molecule has 0 aromatic carbocycles. The largest absolute Gasteiger partial charge is 0.778 e. The van der Waals surface area contributed by atoms with Crippen LogP contribution in [-0.4, -0.2) is 22.5 Å². The summed E-state index contributed by atoms with van der Waals surface area (Å²) in [6.07, 6.45) is -0.792. The zero-order chi connectivity index (χ0) is 7.49. The van der Waals surface area contributed by atoms with Crippen molar-refractivity contribution >= 4 is 7.60 Å². The van der Waals surface area contributed by atoms with Crippen molar-refractivity contribution in [2.45, 2.75) is 0 Å². The Hall–Kier alpha value is -0.450. The maximum absolute atomic E-state index is 9.81. The SMILES string of the molecule is O=[N+]([O-])CCP(=O)([O-])O. The van der Waals surface area contributed by atoms with Crippen molar-refractivity contribution in [1.29, 1.82) is 0 Å². The number of hydrogen-bond acceptors (Lipinski definition) is 4. The molecule has 0 aliphatic carbocycles. The highest BCUT2D eigenvalue weighted by Gasteiger charge is 2.05. The third-order valence-corrected chi connectivity index (χ3v) is 1.33. The first-order valence-electron chi connectivity index (χ1n) is 2.06. The third kappa shape index (κ3) is 7.55. The quantitative estimate of drug-likeness (QED) is 0.312. The Balaban J connectivity index is 3.53.